The van der Waals surface area contributed by atoms with Gasteiger partial charge in [0.15, 0.2) is 0 Å². The Balaban J connectivity index is 1.95. The van der Waals surface area contributed by atoms with Crippen LogP contribution in [-0.2, 0) is 20.7 Å². The van der Waals surface area contributed by atoms with Crippen molar-refractivity contribution in [3.05, 3.63) is 65.4 Å². The van der Waals surface area contributed by atoms with E-state index in [0.29, 0.717) is 12.2 Å². The third-order valence-electron chi connectivity index (χ3n) is 5.44. The molecule has 29 heavy (non-hydrogen) atoms. The standard InChI is InChI=1S/C22H21ClN2O4/c1-28-14-9-7-13(8-10-14)21-20-16(15-5-3-4-6-17(15)24-20)11-18(22(27)29-2)25(21)19(26)12-23/h3-10,18,21,24H,11-12H2,1-2H3. The van der Waals surface area contributed by atoms with Crippen LogP contribution < -0.4 is 4.74 Å². The Morgan fingerprint density at radius 2 is 1.86 bits per heavy atom. The summed E-state index contributed by atoms with van der Waals surface area (Å²) in [6.45, 7) is 0. The molecule has 150 valence electrons. The molecule has 2 atom stereocenters. The number of H-pyrrole nitrogens is 1. The maximum Gasteiger partial charge on any atom is 0.328 e. The third-order valence-corrected chi connectivity index (χ3v) is 5.67. The van der Waals surface area contributed by atoms with E-state index in [9.17, 15) is 9.59 Å². The van der Waals surface area contributed by atoms with E-state index in [1.165, 1.54) is 7.11 Å². The molecule has 3 aromatic rings. The minimum atomic E-state index is -0.759. The van der Waals surface area contributed by atoms with Crippen molar-refractivity contribution in [3.63, 3.8) is 0 Å². The minimum Gasteiger partial charge on any atom is -0.497 e. The number of nitrogens with one attached hydrogen (secondary N) is 1. The number of alkyl halides is 1. The van der Waals surface area contributed by atoms with Crippen LogP contribution in [0.15, 0.2) is 48.5 Å². The van der Waals surface area contributed by atoms with Gasteiger partial charge in [-0.1, -0.05) is 30.3 Å². The lowest BCUT2D eigenvalue weighted by atomic mass is 9.88. The molecule has 2 heterocycles. The van der Waals surface area contributed by atoms with Gasteiger partial charge in [0.2, 0.25) is 5.91 Å². The largest absolute Gasteiger partial charge is 0.497 e. The smallest absolute Gasteiger partial charge is 0.328 e. The number of ether oxygens (including phenoxy) is 2. The quantitative estimate of drug-likeness (QED) is 0.526. The number of nitrogens with zero attached hydrogens (tertiary/aromatic N) is 1. The lowest BCUT2D eigenvalue weighted by Crippen LogP contribution is -2.52. The summed E-state index contributed by atoms with van der Waals surface area (Å²) in [7, 11) is 2.93. The molecule has 1 aromatic heterocycles. The fraction of sp³-hybridized carbons (Fsp3) is 0.273. The van der Waals surface area contributed by atoms with Gasteiger partial charge in [0.1, 0.15) is 17.7 Å². The van der Waals surface area contributed by atoms with E-state index in [2.05, 4.69) is 4.98 Å². The first-order valence-corrected chi connectivity index (χ1v) is 9.80. The van der Waals surface area contributed by atoms with Gasteiger partial charge in [-0.3, -0.25) is 4.79 Å². The van der Waals surface area contributed by atoms with Crippen LogP contribution in [0, 0.1) is 0 Å². The molecule has 4 rings (SSSR count). The number of rotatable bonds is 4. The van der Waals surface area contributed by atoms with E-state index < -0.39 is 18.1 Å². The number of aromatic nitrogens is 1. The van der Waals surface area contributed by atoms with Gasteiger partial charge in [-0.2, -0.15) is 0 Å². The molecule has 1 amide bonds. The number of benzene rings is 2. The van der Waals surface area contributed by atoms with E-state index in [0.717, 1.165) is 27.7 Å². The lowest BCUT2D eigenvalue weighted by Gasteiger charge is -2.40. The number of fused-ring (bicyclic) bond motifs is 3. The second-order valence-corrected chi connectivity index (χ2v) is 7.18. The van der Waals surface area contributed by atoms with Crippen molar-refractivity contribution in [1.29, 1.82) is 0 Å². The molecule has 0 fully saturated rings. The molecule has 1 aliphatic rings. The Morgan fingerprint density at radius 3 is 2.52 bits per heavy atom. The summed E-state index contributed by atoms with van der Waals surface area (Å²) < 4.78 is 10.3. The fourth-order valence-electron chi connectivity index (χ4n) is 4.12. The monoisotopic (exact) mass is 412 g/mol. The predicted molar refractivity (Wildman–Crippen MR) is 110 cm³/mol. The number of para-hydroxylation sites is 1. The average molecular weight is 413 g/mol. The summed E-state index contributed by atoms with van der Waals surface area (Å²) in [6.07, 6.45) is 0.362. The molecule has 1 N–H and O–H groups in total. The van der Waals surface area contributed by atoms with Gasteiger partial charge < -0.3 is 19.4 Å². The van der Waals surface area contributed by atoms with Crippen LogP contribution in [0.1, 0.15) is 22.9 Å². The first kappa shape index (κ1) is 19.3. The first-order valence-electron chi connectivity index (χ1n) is 9.27. The number of aromatic amines is 1. The topological polar surface area (TPSA) is 71.6 Å². The molecule has 2 aromatic carbocycles. The number of amides is 1. The maximum absolute atomic E-state index is 12.9. The van der Waals surface area contributed by atoms with Gasteiger partial charge in [-0.25, -0.2) is 4.79 Å². The highest BCUT2D eigenvalue weighted by molar-refractivity contribution is 6.27. The number of methoxy groups -OCH3 is 2. The maximum atomic E-state index is 12.9. The van der Waals surface area contributed by atoms with Crippen LogP contribution in [0.3, 0.4) is 0 Å². The molecule has 0 radical (unpaired) electrons. The summed E-state index contributed by atoms with van der Waals surface area (Å²) >= 11 is 5.93. The summed E-state index contributed by atoms with van der Waals surface area (Å²) in [5, 5.41) is 1.04. The molecule has 0 aliphatic carbocycles. The molecule has 1 aliphatic heterocycles. The van der Waals surface area contributed by atoms with Crippen molar-refractivity contribution in [2.75, 3.05) is 20.1 Å². The minimum absolute atomic E-state index is 0.226. The first-order chi connectivity index (χ1) is 14.1. The van der Waals surface area contributed by atoms with E-state index in [-0.39, 0.29) is 11.8 Å². The third kappa shape index (κ3) is 3.23. The van der Waals surface area contributed by atoms with Crippen LogP contribution in [-0.4, -0.2) is 47.9 Å². The van der Waals surface area contributed by atoms with E-state index in [1.54, 1.807) is 12.0 Å². The summed E-state index contributed by atoms with van der Waals surface area (Å²) in [6, 6.07) is 14.1. The number of carbonyl (C=O) groups is 2. The van der Waals surface area contributed by atoms with Gasteiger partial charge in [0.05, 0.1) is 20.3 Å². The van der Waals surface area contributed by atoms with Crippen LogP contribution in [0.2, 0.25) is 0 Å². The number of esters is 1. The van der Waals surface area contributed by atoms with Crippen molar-refractivity contribution >= 4 is 34.4 Å². The Bertz CT molecular complexity index is 1060. The molecule has 0 saturated heterocycles. The molecule has 2 unspecified atom stereocenters. The van der Waals surface area contributed by atoms with Crippen molar-refractivity contribution in [2.24, 2.45) is 0 Å². The molecule has 0 spiro atoms. The lowest BCUT2D eigenvalue weighted by molar-refractivity contribution is -0.154. The zero-order chi connectivity index (χ0) is 20.5. The van der Waals surface area contributed by atoms with E-state index in [1.807, 2.05) is 48.5 Å². The fourth-order valence-corrected chi connectivity index (χ4v) is 4.26. The highest BCUT2D eigenvalue weighted by atomic mass is 35.5. The average Bonchev–Trinajstić information content (AvgIpc) is 3.15. The Kier molecular flexibility index (Phi) is 5.20. The van der Waals surface area contributed by atoms with E-state index >= 15 is 0 Å². The van der Waals surface area contributed by atoms with Crippen molar-refractivity contribution in [1.82, 2.24) is 9.88 Å². The van der Waals surface area contributed by atoms with Crippen LogP contribution in [0.25, 0.3) is 10.9 Å². The molecular formula is C22H21ClN2O4. The van der Waals surface area contributed by atoms with Gasteiger partial charge in [0.25, 0.3) is 0 Å². The normalized spacial score (nSPS) is 18.4. The van der Waals surface area contributed by atoms with Gasteiger partial charge in [-0.05, 0) is 29.3 Å². The highest BCUT2D eigenvalue weighted by Crippen LogP contribution is 2.41. The van der Waals surface area contributed by atoms with Crippen molar-refractivity contribution in [2.45, 2.75) is 18.5 Å². The molecule has 7 heteroatoms. The number of carbonyl (C=O) groups excluding carboxylic acids is 2. The predicted octanol–water partition coefficient (Wildman–Crippen LogP) is 3.43. The number of hydrogen-bond donors (Lipinski definition) is 1. The van der Waals surface area contributed by atoms with Crippen LogP contribution in [0.5, 0.6) is 5.75 Å². The summed E-state index contributed by atoms with van der Waals surface area (Å²) in [5.41, 5.74) is 3.70. The number of hydrogen-bond acceptors (Lipinski definition) is 4. The molecule has 6 nitrogen and oxygen atoms in total. The van der Waals surface area contributed by atoms with Gasteiger partial charge >= 0.3 is 5.97 Å². The van der Waals surface area contributed by atoms with Gasteiger partial charge in [0, 0.05) is 23.0 Å². The number of halogens is 1. The summed E-state index contributed by atoms with van der Waals surface area (Å²) in [5.74, 6) is -0.304. The zero-order valence-electron chi connectivity index (χ0n) is 16.1. The SMILES string of the molecule is COC(=O)C1Cc2c([nH]c3ccccc23)C(c2ccc(OC)cc2)N1C(=O)CCl. The highest BCUT2D eigenvalue weighted by Gasteiger charge is 2.43. The van der Waals surface area contributed by atoms with E-state index in [4.69, 9.17) is 21.1 Å². The zero-order valence-corrected chi connectivity index (χ0v) is 16.9. The van der Waals surface area contributed by atoms with Crippen LogP contribution >= 0.6 is 11.6 Å². The Labute approximate surface area is 173 Å². The van der Waals surface area contributed by atoms with Crippen LogP contribution in [0.4, 0.5) is 0 Å². The van der Waals surface area contributed by atoms with Crippen molar-refractivity contribution < 1.29 is 19.1 Å². The van der Waals surface area contributed by atoms with Gasteiger partial charge in [-0.15, -0.1) is 11.6 Å². The second kappa shape index (κ2) is 7.79. The Hall–Kier alpha value is -2.99. The molecular weight excluding hydrogens is 392 g/mol. The van der Waals surface area contributed by atoms with Crippen molar-refractivity contribution in [3.8, 4) is 5.75 Å². The summed E-state index contributed by atoms with van der Waals surface area (Å²) in [4.78, 5) is 30.5. The molecule has 0 saturated carbocycles. The molecule has 0 bridgehead atoms. The Morgan fingerprint density at radius 1 is 1.14 bits per heavy atom. The second-order valence-electron chi connectivity index (χ2n) is 6.92.